The van der Waals surface area contributed by atoms with Crippen molar-refractivity contribution >= 4 is 16.9 Å². The highest BCUT2D eigenvalue weighted by Crippen LogP contribution is 2.44. The predicted molar refractivity (Wildman–Crippen MR) is 107 cm³/mol. The lowest BCUT2D eigenvalue weighted by atomic mass is 9.78. The van der Waals surface area contributed by atoms with Gasteiger partial charge in [0.2, 0.25) is 0 Å². The lowest BCUT2D eigenvalue weighted by molar-refractivity contribution is -0.137. The summed E-state index contributed by atoms with van der Waals surface area (Å²) < 4.78 is 10.2. The van der Waals surface area contributed by atoms with Gasteiger partial charge < -0.3 is 19.6 Å². The van der Waals surface area contributed by atoms with Crippen LogP contribution in [-0.4, -0.2) is 54.9 Å². The summed E-state index contributed by atoms with van der Waals surface area (Å²) in [5.74, 6) is -0.546. The molecular formula is C22H26N2O4. The number of piperidine rings is 1. The zero-order valence-electron chi connectivity index (χ0n) is 16.3. The van der Waals surface area contributed by atoms with E-state index in [9.17, 15) is 9.90 Å². The Labute approximate surface area is 164 Å². The second kappa shape index (κ2) is 7.81. The summed E-state index contributed by atoms with van der Waals surface area (Å²) in [7, 11) is 2.91. The molecule has 2 N–H and O–H groups in total. The van der Waals surface area contributed by atoms with E-state index in [-0.39, 0.29) is 18.6 Å². The van der Waals surface area contributed by atoms with Gasteiger partial charge in [0, 0.05) is 35.6 Å². The van der Waals surface area contributed by atoms with Gasteiger partial charge >= 0.3 is 5.97 Å². The normalized spacial score (nSPS) is 24.1. The minimum atomic E-state index is -0.392. The first kappa shape index (κ1) is 18.8. The number of esters is 1. The van der Waals surface area contributed by atoms with E-state index in [1.54, 1.807) is 0 Å². The molecule has 1 fully saturated rings. The molecule has 4 rings (SSSR count). The van der Waals surface area contributed by atoms with Crippen LogP contribution in [0.1, 0.15) is 23.7 Å². The number of aromatic amines is 1. The number of hydrogen-bond acceptors (Lipinski definition) is 5. The molecule has 3 heterocycles. The highest BCUT2D eigenvalue weighted by molar-refractivity contribution is 5.89. The molecule has 0 saturated carbocycles. The van der Waals surface area contributed by atoms with Crippen molar-refractivity contribution in [1.82, 2.24) is 9.88 Å². The van der Waals surface area contributed by atoms with Crippen molar-refractivity contribution < 1.29 is 19.4 Å². The fourth-order valence-corrected chi connectivity index (χ4v) is 4.71. The Morgan fingerprint density at radius 1 is 1.36 bits per heavy atom. The Morgan fingerprint density at radius 3 is 2.93 bits per heavy atom. The van der Waals surface area contributed by atoms with Gasteiger partial charge in [-0.05, 0) is 30.0 Å². The topological polar surface area (TPSA) is 74.8 Å². The molecule has 1 aromatic heterocycles. The molecule has 2 aromatic rings. The lowest BCUT2D eigenvalue weighted by Gasteiger charge is -2.44. The van der Waals surface area contributed by atoms with E-state index < -0.39 is 5.97 Å². The van der Waals surface area contributed by atoms with Crippen LogP contribution >= 0.6 is 0 Å². The Morgan fingerprint density at radius 2 is 2.18 bits per heavy atom. The highest BCUT2D eigenvalue weighted by atomic mass is 16.5. The molecular weight excluding hydrogens is 356 g/mol. The maximum atomic E-state index is 12.4. The quantitative estimate of drug-likeness (QED) is 0.368. The maximum Gasteiger partial charge on any atom is 0.337 e. The third kappa shape index (κ3) is 3.12. The van der Waals surface area contributed by atoms with Crippen LogP contribution in [0.15, 0.2) is 47.7 Å². The summed E-state index contributed by atoms with van der Waals surface area (Å²) in [5.41, 5.74) is 5.30. The standard InChI is InChI=1S/C22H26N2O4/c1-27-13-18(22(26)28-2)17-11-20-21-16(15-5-3-4-6-19(15)23-21)7-9-24(20)12-14(17)8-10-25/h3-6,8,13,17,20,23,25H,7,9-12H2,1-2H3/b14-8+,18-13+/t17-,20-/m0/s1. The van der Waals surface area contributed by atoms with Gasteiger partial charge in [-0.25, -0.2) is 4.79 Å². The number of H-pyrrole nitrogens is 1. The molecule has 148 valence electrons. The molecule has 1 saturated heterocycles. The maximum absolute atomic E-state index is 12.4. The molecule has 6 nitrogen and oxygen atoms in total. The van der Waals surface area contributed by atoms with Crippen molar-refractivity contribution in [2.45, 2.75) is 18.9 Å². The largest absolute Gasteiger partial charge is 0.504 e. The van der Waals surface area contributed by atoms with Crippen molar-refractivity contribution in [1.29, 1.82) is 0 Å². The second-order valence-electron chi connectivity index (χ2n) is 7.35. The molecule has 6 heteroatoms. The number of methoxy groups -OCH3 is 2. The summed E-state index contributed by atoms with van der Waals surface area (Å²) in [6.07, 6.45) is 5.01. The molecule has 28 heavy (non-hydrogen) atoms. The molecule has 0 unspecified atom stereocenters. The first-order valence-corrected chi connectivity index (χ1v) is 9.62. The van der Waals surface area contributed by atoms with Crippen LogP contribution in [0.4, 0.5) is 0 Å². The predicted octanol–water partition coefficient (Wildman–Crippen LogP) is 2.71. The zero-order chi connectivity index (χ0) is 19.7. The molecule has 2 atom stereocenters. The van der Waals surface area contributed by atoms with E-state index >= 15 is 0 Å². The molecule has 1 aromatic carbocycles. The van der Waals surface area contributed by atoms with Crippen LogP contribution < -0.4 is 0 Å². The van der Waals surface area contributed by atoms with Crippen LogP contribution in [0.3, 0.4) is 0 Å². The number of carbonyl (C=O) groups excluding carboxylic acids is 1. The van der Waals surface area contributed by atoms with E-state index in [2.05, 4.69) is 28.1 Å². The van der Waals surface area contributed by atoms with Gasteiger partial charge in [0.1, 0.15) is 0 Å². The Bertz CT molecular complexity index is 943. The smallest absolute Gasteiger partial charge is 0.337 e. The first-order chi connectivity index (χ1) is 13.7. The van der Waals surface area contributed by atoms with E-state index in [1.165, 1.54) is 37.1 Å². The van der Waals surface area contributed by atoms with Crippen molar-refractivity contribution in [3.63, 3.8) is 0 Å². The van der Waals surface area contributed by atoms with E-state index in [4.69, 9.17) is 9.47 Å². The van der Waals surface area contributed by atoms with Crippen LogP contribution in [0.25, 0.3) is 10.9 Å². The van der Waals surface area contributed by atoms with E-state index in [0.717, 1.165) is 30.5 Å². The summed E-state index contributed by atoms with van der Waals surface area (Å²) in [5, 5.41) is 10.8. The average molecular weight is 382 g/mol. The number of fused-ring (bicyclic) bond motifs is 5. The number of benzene rings is 1. The monoisotopic (exact) mass is 382 g/mol. The second-order valence-corrected chi connectivity index (χ2v) is 7.35. The third-order valence-electron chi connectivity index (χ3n) is 5.96. The van der Waals surface area contributed by atoms with E-state index in [0.29, 0.717) is 12.1 Å². The van der Waals surface area contributed by atoms with Crippen molar-refractivity contribution in [2.24, 2.45) is 5.92 Å². The molecule has 0 spiro atoms. The van der Waals surface area contributed by atoms with Crippen molar-refractivity contribution in [2.75, 3.05) is 33.9 Å². The summed E-state index contributed by atoms with van der Waals surface area (Å²) in [6.45, 7) is 1.61. The minimum absolute atomic E-state index is 0.0522. The number of ether oxygens (including phenoxy) is 2. The Kier molecular flexibility index (Phi) is 5.24. The van der Waals surface area contributed by atoms with Gasteiger partial charge in [-0.2, -0.15) is 0 Å². The number of rotatable bonds is 4. The number of hydrogen-bond donors (Lipinski definition) is 2. The summed E-state index contributed by atoms with van der Waals surface area (Å²) in [6, 6.07) is 8.58. The van der Waals surface area contributed by atoms with Crippen LogP contribution in [0.2, 0.25) is 0 Å². The van der Waals surface area contributed by atoms with Crippen LogP contribution in [-0.2, 0) is 20.7 Å². The zero-order valence-corrected chi connectivity index (χ0v) is 16.3. The summed E-state index contributed by atoms with van der Waals surface area (Å²) in [4.78, 5) is 18.5. The van der Waals surface area contributed by atoms with Gasteiger partial charge in [0.05, 0.1) is 38.7 Å². The van der Waals surface area contributed by atoms with Crippen molar-refractivity contribution in [3.05, 3.63) is 59.0 Å². The molecule has 0 aliphatic carbocycles. The number of aromatic nitrogens is 1. The number of aliphatic hydroxyl groups is 1. The third-order valence-corrected chi connectivity index (χ3v) is 5.96. The summed E-state index contributed by atoms with van der Waals surface area (Å²) >= 11 is 0. The fourth-order valence-electron chi connectivity index (χ4n) is 4.71. The average Bonchev–Trinajstić information content (AvgIpc) is 3.10. The molecule has 0 amide bonds. The minimum Gasteiger partial charge on any atom is -0.504 e. The van der Waals surface area contributed by atoms with Crippen molar-refractivity contribution in [3.8, 4) is 0 Å². The van der Waals surface area contributed by atoms with Crippen LogP contribution in [0, 0.1) is 5.92 Å². The first-order valence-electron chi connectivity index (χ1n) is 9.62. The van der Waals surface area contributed by atoms with Gasteiger partial charge in [-0.3, -0.25) is 4.90 Å². The van der Waals surface area contributed by atoms with E-state index in [1.807, 2.05) is 12.1 Å². The Hall–Kier alpha value is -2.57. The van der Waals surface area contributed by atoms with Gasteiger partial charge in [-0.1, -0.05) is 24.3 Å². The fraction of sp³-hybridized carbons (Fsp3) is 0.409. The lowest BCUT2D eigenvalue weighted by Crippen LogP contribution is -2.43. The van der Waals surface area contributed by atoms with Gasteiger partial charge in [-0.15, -0.1) is 0 Å². The highest BCUT2D eigenvalue weighted by Gasteiger charge is 2.40. The number of nitrogens with zero attached hydrogens (tertiary/aromatic N) is 1. The molecule has 0 bridgehead atoms. The number of carbonyl (C=O) groups is 1. The SMILES string of the molecule is CO/C=C(/C(=O)OC)[C@H]1C[C@H]2c3[nH]c4ccccc4c3CCN2C/C1=C\CO. The van der Waals surface area contributed by atoms with Gasteiger partial charge in [0.15, 0.2) is 0 Å². The molecule has 2 aliphatic rings. The van der Waals surface area contributed by atoms with Gasteiger partial charge in [0.25, 0.3) is 0 Å². The number of para-hydroxylation sites is 1. The number of aliphatic hydroxyl groups excluding tert-OH is 1. The number of nitrogens with one attached hydrogen (secondary N) is 1. The Balaban J connectivity index is 1.76. The molecule has 2 aliphatic heterocycles. The van der Waals surface area contributed by atoms with Crippen LogP contribution in [0.5, 0.6) is 0 Å². The molecule has 0 radical (unpaired) electrons.